The predicted molar refractivity (Wildman–Crippen MR) is 325 cm³/mol. The number of rotatable bonds is 13. The van der Waals surface area contributed by atoms with Gasteiger partial charge in [0.15, 0.2) is 8.32 Å². The summed E-state index contributed by atoms with van der Waals surface area (Å²) >= 11 is 0. The summed E-state index contributed by atoms with van der Waals surface area (Å²) in [5.41, 5.74) is 2.41. The molecule has 460 valence electrons. The van der Waals surface area contributed by atoms with Crippen LogP contribution in [0.1, 0.15) is 188 Å². The maximum absolute atomic E-state index is 15.6. The molecule has 4 bridgehead atoms. The fraction of sp³-hybridized carbons (Fsp3) is 0.857. The molecule has 5 rings (SSSR count). The second kappa shape index (κ2) is 28.1. The van der Waals surface area contributed by atoms with Gasteiger partial charge in [-0.05, 0) is 142 Å². The monoisotopic (exact) mass is 1180 g/mol. The van der Waals surface area contributed by atoms with Crippen LogP contribution in [0.25, 0.3) is 0 Å². The third-order valence-corrected chi connectivity index (χ3v) is 34.7. The van der Waals surface area contributed by atoms with E-state index in [2.05, 4.69) is 143 Å². The predicted octanol–water partition coefficient (Wildman–Crippen LogP) is 13.5. The first-order valence-electron chi connectivity index (χ1n) is 31.0. The highest BCUT2D eigenvalue weighted by atomic mass is 28.5. The summed E-state index contributed by atoms with van der Waals surface area (Å²) in [6, 6.07) is -1.86. The Kier molecular flexibility index (Phi) is 24.2. The molecule has 4 heterocycles. The van der Waals surface area contributed by atoms with E-state index < -0.39 is 103 Å². The summed E-state index contributed by atoms with van der Waals surface area (Å²) in [5, 5.41) is 12.6. The van der Waals surface area contributed by atoms with Crippen molar-refractivity contribution in [2.45, 2.75) is 295 Å². The Morgan fingerprint density at radius 2 is 1.39 bits per heavy atom. The smallest absolute Gasteiger partial charge is 0.334 e. The molecule has 14 nitrogen and oxygen atoms in total. The molecule has 3 unspecified atom stereocenters. The lowest BCUT2D eigenvalue weighted by molar-refractivity contribution is -0.302. The Bertz CT molecular complexity index is 2130. The molecule has 1 saturated carbocycles. The van der Waals surface area contributed by atoms with Crippen LogP contribution in [-0.4, -0.2) is 141 Å². The van der Waals surface area contributed by atoms with Crippen LogP contribution in [0.3, 0.4) is 0 Å². The van der Waals surface area contributed by atoms with Crippen molar-refractivity contribution in [3.05, 3.63) is 36.0 Å². The van der Waals surface area contributed by atoms with Gasteiger partial charge < -0.3 is 51.1 Å². The van der Waals surface area contributed by atoms with Gasteiger partial charge in [0.25, 0.3) is 11.7 Å². The van der Waals surface area contributed by atoms with Crippen molar-refractivity contribution in [1.29, 1.82) is 0 Å². The molecule has 1 amide bonds. The second-order valence-corrected chi connectivity index (χ2v) is 41.5. The zero-order chi connectivity index (χ0) is 60.2. The fourth-order valence-electron chi connectivity index (χ4n) is 14.0. The van der Waals surface area contributed by atoms with E-state index >= 15 is 14.4 Å². The van der Waals surface area contributed by atoms with Gasteiger partial charge in [-0.15, -0.1) is 6.58 Å². The molecule has 0 aromatic rings. The van der Waals surface area contributed by atoms with Gasteiger partial charge >= 0.3 is 23.1 Å². The summed E-state index contributed by atoms with van der Waals surface area (Å²) < 4.78 is 62.9. The Hall–Kier alpha value is -1.88. The van der Waals surface area contributed by atoms with Crippen LogP contribution in [0.5, 0.6) is 0 Å². The zero-order valence-corrected chi connectivity index (χ0v) is 57.0. The number of esters is 1. The number of cyclic esters (lactones) is 1. The Labute approximate surface area is 488 Å². The maximum Gasteiger partial charge on any atom is 0.334 e. The first-order chi connectivity index (χ1) is 37.2. The van der Waals surface area contributed by atoms with Crippen LogP contribution in [0.4, 0.5) is 0 Å². The van der Waals surface area contributed by atoms with Crippen molar-refractivity contribution in [3.63, 3.8) is 0 Å². The second-order valence-electron chi connectivity index (χ2n) is 28.0. The molecule has 4 aliphatic heterocycles. The van der Waals surface area contributed by atoms with Crippen LogP contribution in [0.2, 0.25) is 40.3 Å². The summed E-state index contributed by atoms with van der Waals surface area (Å²) in [4.78, 5) is 47.1. The van der Waals surface area contributed by atoms with Crippen molar-refractivity contribution in [2.75, 3.05) is 21.3 Å². The van der Waals surface area contributed by atoms with E-state index in [1.165, 1.54) is 10.5 Å². The minimum absolute atomic E-state index is 0.0138. The number of aliphatic hydroxyl groups is 1. The molecular weight excluding hydrogens is 1060 g/mol. The van der Waals surface area contributed by atoms with Crippen LogP contribution in [0, 0.1) is 29.6 Å². The third kappa shape index (κ3) is 14.8. The molecular formula is C63H113NO13Si3. The number of Topliss-reactive ketones (excluding diaryl/α,β-unsaturated/α-hetero) is 1. The SMILES string of the molecule is C=CC1CCC[C@H]2C(=O)O[C@H](/C(C)=C/[C@@H]3CC[C@@H](O[Si](C)(C)C(C)(C)C)[C@H](OC)C3)[C@H](C)[C@H]3C[C@H](O[Si](C(C)C)(C(C)C)O[Si](C(C)C)(C(C)C)O3)[C@H](CC)/C=C(\C)C[C@H](C)CC(OC)[C@H]3O[C@@](O)(C(=O)C(=O)N12)[C@H](C)CC3OC. The summed E-state index contributed by atoms with van der Waals surface area (Å²) in [5.74, 6) is -6.46. The number of methoxy groups -OCH3 is 3. The van der Waals surface area contributed by atoms with Crippen molar-refractivity contribution < 1.29 is 60.6 Å². The molecule has 1 N–H and O–H groups in total. The first kappa shape index (κ1) is 68.9. The highest BCUT2D eigenvalue weighted by Crippen LogP contribution is 2.50. The summed E-state index contributed by atoms with van der Waals surface area (Å²) in [7, 11) is -3.43. The topological polar surface area (TPSA) is 158 Å². The van der Waals surface area contributed by atoms with Gasteiger partial charge in [0.05, 0.1) is 42.7 Å². The van der Waals surface area contributed by atoms with Crippen molar-refractivity contribution in [2.24, 2.45) is 29.6 Å². The first-order valence-corrected chi connectivity index (χ1v) is 37.8. The molecule has 0 aromatic carbocycles. The van der Waals surface area contributed by atoms with Gasteiger partial charge in [0.2, 0.25) is 5.79 Å². The quantitative estimate of drug-likeness (QED) is 0.0805. The fourth-order valence-corrected chi connectivity index (χ4v) is 26.8. The molecule has 5 aliphatic rings. The van der Waals surface area contributed by atoms with Gasteiger partial charge in [0, 0.05) is 39.1 Å². The minimum atomic E-state index is -3.21. The molecule has 0 spiro atoms. The van der Waals surface area contributed by atoms with Gasteiger partial charge in [-0.2, -0.15) is 0 Å². The number of amides is 1. The Morgan fingerprint density at radius 1 is 0.825 bits per heavy atom. The van der Waals surface area contributed by atoms with Crippen LogP contribution in [0.15, 0.2) is 36.0 Å². The molecule has 3 saturated heterocycles. The number of carbonyl (C=O) groups is 3. The summed E-state index contributed by atoms with van der Waals surface area (Å²) in [6.07, 6.45) is 9.01. The van der Waals surface area contributed by atoms with E-state index in [4.69, 9.17) is 41.1 Å². The average molecular weight is 1180 g/mol. The number of hydrogen-bond donors (Lipinski definition) is 1. The average Bonchev–Trinajstić information content (AvgIpc) is 3.38. The van der Waals surface area contributed by atoms with Crippen LogP contribution in [-0.2, 0) is 55.5 Å². The van der Waals surface area contributed by atoms with E-state index in [9.17, 15) is 5.11 Å². The minimum Gasteiger partial charge on any atom is -0.456 e. The lowest BCUT2D eigenvalue weighted by atomic mass is 9.81. The highest BCUT2D eigenvalue weighted by Gasteiger charge is 2.61. The molecule has 1 aliphatic carbocycles. The zero-order valence-electron chi connectivity index (χ0n) is 54.0. The van der Waals surface area contributed by atoms with Gasteiger partial charge in [-0.1, -0.05) is 128 Å². The molecule has 0 aromatic heterocycles. The van der Waals surface area contributed by atoms with Gasteiger partial charge in [-0.25, -0.2) is 4.79 Å². The number of carbonyl (C=O) groups excluding carboxylic acids is 3. The number of hydrogen-bond acceptors (Lipinski definition) is 13. The van der Waals surface area contributed by atoms with Crippen LogP contribution < -0.4 is 0 Å². The number of piperidine rings is 1. The number of ketones is 1. The Morgan fingerprint density at radius 3 is 1.91 bits per heavy atom. The number of ether oxygens (including phenoxy) is 5. The van der Waals surface area contributed by atoms with Gasteiger partial charge in [-0.3, -0.25) is 9.59 Å². The maximum atomic E-state index is 15.6. The highest BCUT2D eigenvalue weighted by molar-refractivity contribution is 6.84. The largest absolute Gasteiger partial charge is 0.456 e. The lowest BCUT2D eigenvalue weighted by Crippen LogP contribution is -2.66. The number of nitrogens with zero attached hydrogens (tertiary/aromatic N) is 1. The standard InChI is InChI=1S/C63H113NO13Si3/c1-24-48-32-42(11)31-43(12)33-55(70-20)58-56(71-21)35-45(14)63(68,73-58)59(65)60(66)64-49(25-2)27-26-28-50(64)61(67)72-57(44(13)34-47-29-30-51(54(36-47)69-19)74-78(22,23)62(16,17)18)46(15)52-37-53(48)76-80(40(7)8,41(9)10)77-79(75-52,38(3)4)39(5)6/h25,32,34,38-41,43,45-58,68H,2,24,26-31,33,35-37H2,1,3-23H3/b42-32+,44-34+/t43-,45+,46+,47-,48+,49?,50-,51+,52+,53-,54+,55?,56?,57+,58+,63+/m0/s1. The van der Waals surface area contributed by atoms with E-state index in [0.29, 0.717) is 25.7 Å². The van der Waals surface area contributed by atoms with Crippen molar-refractivity contribution >= 4 is 43.1 Å². The Balaban J connectivity index is 1.76. The molecule has 17 heteroatoms. The van der Waals surface area contributed by atoms with E-state index in [-0.39, 0.29) is 76.1 Å². The third-order valence-electron chi connectivity index (χ3n) is 19.9. The lowest BCUT2D eigenvalue weighted by Gasteiger charge is -2.54. The van der Waals surface area contributed by atoms with E-state index in [0.717, 1.165) is 37.7 Å². The molecule has 80 heavy (non-hydrogen) atoms. The van der Waals surface area contributed by atoms with E-state index in [1.807, 2.05) is 0 Å². The van der Waals surface area contributed by atoms with Crippen LogP contribution >= 0.6 is 0 Å². The number of fused-ring (bicyclic) bond motifs is 5. The normalized spacial score (nSPS) is 37.6. The van der Waals surface area contributed by atoms with E-state index in [1.54, 1.807) is 34.3 Å². The summed E-state index contributed by atoms with van der Waals surface area (Å²) in [6.45, 7) is 45.9. The van der Waals surface area contributed by atoms with Gasteiger partial charge in [0.1, 0.15) is 18.2 Å². The van der Waals surface area contributed by atoms with Crippen molar-refractivity contribution in [1.82, 2.24) is 4.90 Å². The van der Waals surface area contributed by atoms with Crippen molar-refractivity contribution in [3.8, 4) is 0 Å². The molecule has 0 radical (unpaired) electrons. The number of allylic oxidation sites excluding steroid dienone is 2. The molecule has 4 fully saturated rings. The molecule has 16 atom stereocenters.